The van der Waals surface area contributed by atoms with Crippen LogP contribution in [0.25, 0.3) is 0 Å². The lowest BCUT2D eigenvalue weighted by Gasteiger charge is -2.44. The summed E-state index contributed by atoms with van der Waals surface area (Å²) in [4.78, 5) is 31.8. The maximum Gasteiger partial charge on any atom is 0.245 e. The number of carbonyl (C=O) groups is 2. The van der Waals surface area contributed by atoms with Gasteiger partial charge in [-0.1, -0.05) is 0 Å². The number of nitrogens with zero attached hydrogens (tertiary/aromatic N) is 3. The van der Waals surface area contributed by atoms with E-state index in [4.69, 9.17) is 11.5 Å². The van der Waals surface area contributed by atoms with Crippen molar-refractivity contribution < 1.29 is 9.59 Å². The van der Waals surface area contributed by atoms with E-state index in [9.17, 15) is 9.59 Å². The molecular weight excluding hydrogens is 248 g/mol. The number of aliphatic imine (C=N–C) groups is 1. The molecule has 2 aliphatic heterocycles. The third kappa shape index (κ3) is 2.95. The zero-order valence-corrected chi connectivity index (χ0v) is 11.0. The molecule has 5 N–H and O–H groups in total. The average Bonchev–Trinajstić information content (AvgIpc) is 2.35. The van der Waals surface area contributed by atoms with Crippen LogP contribution in [0.1, 0.15) is 6.42 Å². The number of piperazine rings is 2. The fourth-order valence-corrected chi connectivity index (χ4v) is 2.46. The SMILES string of the molecule is CN1CCN2C(=O)C(CCN=C(N)N)NC(=O)C2C1. The minimum Gasteiger partial charge on any atom is -0.370 e. The molecule has 2 heterocycles. The molecule has 8 nitrogen and oxygen atoms in total. The van der Waals surface area contributed by atoms with Gasteiger partial charge in [0.05, 0.1) is 0 Å². The number of hydrogen-bond acceptors (Lipinski definition) is 4. The Balaban J connectivity index is 2.00. The van der Waals surface area contributed by atoms with Gasteiger partial charge in [-0.25, -0.2) is 0 Å². The van der Waals surface area contributed by atoms with E-state index in [1.165, 1.54) is 0 Å². The largest absolute Gasteiger partial charge is 0.370 e. The number of nitrogens with two attached hydrogens (primary N) is 2. The Bertz CT molecular complexity index is 406. The molecule has 2 fully saturated rings. The van der Waals surface area contributed by atoms with Crippen LogP contribution < -0.4 is 16.8 Å². The van der Waals surface area contributed by atoms with E-state index in [1.807, 2.05) is 11.9 Å². The Morgan fingerprint density at radius 2 is 2.16 bits per heavy atom. The first-order valence-corrected chi connectivity index (χ1v) is 6.34. The van der Waals surface area contributed by atoms with Gasteiger partial charge >= 0.3 is 0 Å². The standard InChI is InChI=1S/C11H20N6O2/c1-16-4-5-17-8(6-16)9(18)15-7(10(17)19)2-3-14-11(12)13/h7-8H,2-6H2,1H3,(H,15,18)(H4,12,13,14). The van der Waals surface area contributed by atoms with Crippen molar-refractivity contribution in [2.45, 2.75) is 18.5 Å². The molecule has 0 aliphatic carbocycles. The zero-order valence-electron chi connectivity index (χ0n) is 11.0. The predicted molar refractivity (Wildman–Crippen MR) is 70.2 cm³/mol. The Hall–Kier alpha value is -1.83. The molecule has 0 bridgehead atoms. The number of likely N-dealkylation sites (N-methyl/N-ethyl adjacent to an activating group) is 1. The van der Waals surface area contributed by atoms with Crippen LogP contribution in [-0.2, 0) is 9.59 Å². The van der Waals surface area contributed by atoms with Gasteiger partial charge < -0.3 is 26.6 Å². The Morgan fingerprint density at radius 1 is 1.42 bits per heavy atom. The number of nitrogens with one attached hydrogen (secondary N) is 1. The first kappa shape index (κ1) is 13.6. The molecule has 2 rings (SSSR count). The van der Waals surface area contributed by atoms with Gasteiger partial charge in [-0.15, -0.1) is 0 Å². The van der Waals surface area contributed by atoms with E-state index in [0.29, 0.717) is 26.1 Å². The number of rotatable bonds is 3. The molecule has 2 amide bonds. The second kappa shape index (κ2) is 5.43. The zero-order chi connectivity index (χ0) is 14.0. The van der Waals surface area contributed by atoms with Crippen molar-refractivity contribution in [3.63, 3.8) is 0 Å². The minimum atomic E-state index is -0.518. The summed E-state index contributed by atoms with van der Waals surface area (Å²) in [5.74, 6) is -0.142. The summed E-state index contributed by atoms with van der Waals surface area (Å²) in [5, 5.41) is 2.75. The van der Waals surface area contributed by atoms with Gasteiger partial charge in [-0.05, 0) is 13.5 Å². The van der Waals surface area contributed by atoms with E-state index in [2.05, 4.69) is 10.3 Å². The van der Waals surface area contributed by atoms with Crippen LogP contribution in [-0.4, -0.2) is 72.9 Å². The number of carbonyl (C=O) groups excluding carboxylic acids is 2. The molecule has 0 saturated carbocycles. The summed E-state index contributed by atoms with van der Waals surface area (Å²) in [6.45, 7) is 2.29. The summed E-state index contributed by atoms with van der Waals surface area (Å²) in [6, 6.07) is -0.888. The molecule has 2 unspecified atom stereocenters. The maximum absolute atomic E-state index is 12.3. The first-order valence-electron chi connectivity index (χ1n) is 6.34. The second-order valence-electron chi connectivity index (χ2n) is 4.97. The molecule has 2 atom stereocenters. The molecule has 106 valence electrons. The van der Waals surface area contributed by atoms with Crippen LogP contribution in [0.2, 0.25) is 0 Å². The Labute approximate surface area is 111 Å². The first-order chi connectivity index (χ1) is 8.99. The highest BCUT2D eigenvalue weighted by Gasteiger charge is 2.42. The smallest absolute Gasteiger partial charge is 0.245 e. The van der Waals surface area contributed by atoms with Crippen molar-refractivity contribution in [3.05, 3.63) is 0 Å². The molecule has 8 heteroatoms. The summed E-state index contributed by atoms with van der Waals surface area (Å²) < 4.78 is 0. The lowest BCUT2D eigenvalue weighted by Crippen LogP contribution is -2.68. The highest BCUT2D eigenvalue weighted by atomic mass is 16.2. The number of amides is 2. The third-order valence-corrected chi connectivity index (χ3v) is 3.50. The minimum absolute atomic E-state index is 0.00735. The van der Waals surface area contributed by atoms with E-state index in [-0.39, 0.29) is 23.8 Å². The van der Waals surface area contributed by atoms with Crippen molar-refractivity contribution in [1.82, 2.24) is 15.1 Å². The quantitative estimate of drug-likeness (QED) is 0.380. The van der Waals surface area contributed by atoms with Crippen LogP contribution in [0.3, 0.4) is 0 Å². The van der Waals surface area contributed by atoms with Crippen LogP contribution in [0.4, 0.5) is 0 Å². The molecule has 2 saturated heterocycles. The van der Waals surface area contributed by atoms with Gasteiger partial charge in [-0.3, -0.25) is 14.6 Å². The molecule has 0 radical (unpaired) electrons. The molecular formula is C11H20N6O2. The third-order valence-electron chi connectivity index (χ3n) is 3.50. The maximum atomic E-state index is 12.3. The summed E-state index contributed by atoms with van der Waals surface area (Å²) >= 11 is 0. The van der Waals surface area contributed by atoms with E-state index in [1.54, 1.807) is 4.90 Å². The van der Waals surface area contributed by atoms with Gasteiger partial charge in [0, 0.05) is 26.2 Å². The molecule has 0 aromatic rings. The van der Waals surface area contributed by atoms with E-state index in [0.717, 1.165) is 6.54 Å². The Morgan fingerprint density at radius 3 is 2.84 bits per heavy atom. The lowest BCUT2D eigenvalue weighted by atomic mass is 10.0. The highest BCUT2D eigenvalue weighted by Crippen LogP contribution is 2.16. The second-order valence-corrected chi connectivity index (χ2v) is 4.97. The van der Waals surface area contributed by atoms with E-state index >= 15 is 0 Å². The van der Waals surface area contributed by atoms with Crippen LogP contribution in [0, 0.1) is 0 Å². The topological polar surface area (TPSA) is 117 Å². The highest BCUT2D eigenvalue weighted by molar-refractivity contribution is 5.97. The van der Waals surface area contributed by atoms with Crippen LogP contribution in [0.15, 0.2) is 4.99 Å². The van der Waals surface area contributed by atoms with Crippen molar-refractivity contribution in [2.75, 3.05) is 33.2 Å². The van der Waals surface area contributed by atoms with Gasteiger partial charge in [0.15, 0.2) is 5.96 Å². The number of fused-ring (bicyclic) bond motifs is 1. The molecule has 2 aliphatic rings. The predicted octanol–water partition coefficient (Wildman–Crippen LogP) is -2.71. The van der Waals surface area contributed by atoms with E-state index < -0.39 is 6.04 Å². The van der Waals surface area contributed by atoms with Crippen molar-refractivity contribution >= 4 is 17.8 Å². The lowest BCUT2D eigenvalue weighted by molar-refractivity contribution is -0.152. The average molecular weight is 268 g/mol. The van der Waals surface area contributed by atoms with Crippen LogP contribution >= 0.6 is 0 Å². The van der Waals surface area contributed by atoms with Crippen molar-refractivity contribution in [3.8, 4) is 0 Å². The van der Waals surface area contributed by atoms with Gasteiger partial charge in [-0.2, -0.15) is 0 Å². The molecule has 0 spiro atoms. The molecule has 0 aromatic heterocycles. The van der Waals surface area contributed by atoms with Gasteiger partial charge in [0.25, 0.3) is 0 Å². The fraction of sp³-hybridized carbons (Fsp3) is 0.727. The normalized spacial score (nSPS) is 27.7. The van der Waals surface area contributed by atoms with Crippen LogP contribution in [0.5, 0.6) is 0 Å². The summed E-state index contributed by atoms with van der Waals surface area (Å²) in [5.41, 5.74) is 10.5. The Kier molecular flexibility index (Phi) is 3.89. The van der Waals surface area contributed by atoms with Gasteiger partial charge in [0.1, 0.15) is 12.1 Å². The summed E-state index contributed by atoms with van der Waals surface area (Å²) in [7, 11) is 1.94. The fourth-order valence-electron chi connectivity index (χ4n) is 2.46. The van der Waals surface area contributed by atoms with Gasteiger partial charge in [0.2, 0.25) is 11.8 Å². The van der Waals surface area contributed by atoms with Crippen molar-refractivity contribution in [1.29, 1.82) is 0 Å². The molecule has 0 aromatic carbocycles. The summed E-state index contributed by atoms with van der Waals surface area (Å²) in [6.07, 6.45) is 0.418. The number of guanidine groups is 1. The van der Waals surface area contributed by atoms with Crippen molar-refractivity contribution in [2.24, 2.45) is 16.5 Å². The number of hydrogen-bond donors (Lipinski definition) is 3. The molecule has 19 heavy (non-hydrogen) atoms. The monoisotopic (exact) mass is 268 g/mol.